The van der Waals surface area contributed by atoms with Crippen LogP contribution in [0.25, 0.3) is 0 Å². The van der Waals surface area contributed by atoms with Crippen molar-refractivity contribution in [1.29, 1.82) is 0 Å². The van der Waals surface area contributed by atoms with Crippen LogP contribution in [0.3, 0.4) is 0 Å². The molecule has 2 nitrogen and oxygen atoms in total. The predicted octanol–water partition coefficient (Wildman–Crippen LogP) is 4.05. The van der Waals surface area contributed by atoms with E-state index in [1.807, 2.05) is 0 Å². The molecule has 3 rings (SSSR count). The average molecular weight is 309 g/mol. The molecular formula is C20H40N2+2. The maximum absolute atomic E-state index is 2.57. The van der Waals surface area contributed by atoms with Crippen LogP contribution in [0.4, 0.5) is 0 Å². The van der Waals surface area contributed by atoms with E-state index in [0.29, 0.717) is 0 Å². The minimum Gasteiger partial charge on any atom is -0.324 e. The van der Waals surface area contributed by atoms with E-state index in [0.717, 1.165) is 23.9 Å². The molecule has 1 aliphatic carbocycles. The van der Waals surface area contributed by atoms with Crippen LogP contribution < -0.4 is 0 Å². The Hall–Kier alpha value is -0.0800. The molecule has 0 N–H and O–H groups in total. The summed E-state index contributed by atoms with van der Waals surface area (Å²) in [7, 11) is 5.13. The van der Waals surface area contributed by atoms with E-state index in [9.17, 15) is 0 Å². The first-order chi connectivity index (χ1) is 10.4. The van der Waals surface area contributed by atoms with Gasteiger partial charge in [0.15, 0.2) is 0 Å². The molecule has 128 valence electrons. The van der Waals surface area contributed by atoms with Crippen molar-refractivity contribution in [3.63, 3.8) is 0 Å². The Morgan fingerprint density at radius 3 is 1.05 bits per heavy atom. The molecular weight excluding hydrogens is 268 g/mol. The highest BCUT2D eigenvalue weighted by atomic mass is 15.4. The number of hydrogen-bond acceptors (Lipinski definition) is 0. The van der Waals surface area contributed by atoms with E-state index in [1.54, 1.807) is 0 Å². The number of likely N-dealkylation sites (tertiary alicyclic amines) is 2. The zero-order valence-corrected chi connectivity index (χ0v) is 15.7. The molecule has 0 atom stereocenters. The topological polar surface area (TPSA) is 0 Å². The van der Waals surface area contributed by atoms with Crippen LogP contribution in [0.15, 0.2) is 0 Å². The Kier molecular flexibility index (Phi) is 4.90. The summed E-state index contributed by atoms with van der Waals surface area (Å²) in [6.07, 6.45) is 11.8. The molecule has 0 aromatic rings. The molecule has 2 heteroatoms. The fraction of sp³-hybridized carbons (Fsp3) is 1.00. The highest BCUT2D eigenvalue weighted by Gasteiger charge is 2.43. The first kappa shape index (κ1) is 16.8. The van der Waals surface area contributed by atoms with Gasteiger partial charge in [-0.1, -0.05) is 13.8 Å². The molecule has 0 bridgehead atoms. The summed E-state index contributed by atoms with van der Waals surface area (Å²) in [6.45, 7) is 10.7. The predicted molar refractivity (Wildman–Crippen MR) is 94.7 cm³/mol. The van der Waals surface area contributed by atoms with Gasteiger partial charge in [-0.2, -0.15) is 0 Å². The van der Waals surface area contributed by atoms with E-state index >= 15 is 0 Å². The molecule has 0 aromatic heterocycles. The summed E-state index contributed by atoms with van der Waals surface area (Å²) in [5, 5.41) is 0. The van der Waals surface area contributed by atoms with Gasteiger partial charge in [0.2, 0.25) is 0 Å². The number of quaternary nitrogens is 2. The summed E-state index contributed by atoms with van der Waals surface area (Å²) < 4.78 is 2.80. The van der Waals surface area contributed by atoms with Crippen molar-refractivity contribution in [1.82, 2.24) is 0 Å². The molecule has 1 saturated carbocycles. The lowest BCUT2D eigenvalue weighted by molar-refractivity contribution is -0.953. The van der Waals surface area contributed by atoms with Gasteiger partial charge in [0.05, 0.1) is 52.4 Å². The third kappa shape index (κ3) is 3.38. The lowest BCUT2D eigenvalue weighted by atomic mass is 9.83. The molecule has 0 spiro atoms. The Morgan fingerprint density at radius 1 is 0.500 bits per heavy atom. The van der Waals surface area contributed by atoms with Gasteiger partial charge in [-0.3, -0.25) is 0 Å². The van der Waals surface area contributed by atoms with E-state index < -0.39 is 0 Å². The van der Waals surface area contributed by atoms with Gasteiger partial charge in [0.1, 0.15) is 0 Å². The van der Waals surface area contributed by atoms with Crippen molar-refractivity contribution in [2.75, 3.05) is 40.3 Å². The highest BCUT2D eigenvalue weighted by molar-refractivity contribution is 4.77. The van der Waals surface area contributed by atoms with Crippen LogP contribution >= 0.6 is 0 Å². The Labute approximate surface area is 139 Å². The zero-order valence-electron chi connectivity index (χ0n) is 15.7. The van der Waals surface area contributed by atoms with Gasteiger partial charge in [0.25, 0.3) is 0 Å². The minimum absolute atomic E-state index is 0.971. The van der Waals surface area contributed by atoms with Crippen LogP contribution in [0.1, 0.15) is 65.2 Å². The smallest absolute Gasteiger partial charge is 0.0892 e. The van der Waals surface area contributed by atoms with Gasteiger partial charge in [-0.25, -0.2) is 0 Å². The van der Waals surface area contributed by atoms with Crippen LogP contribution in [-0.2, 0) is 0 Å². The van der Waals surface area contributed by atoms with Crippen molar-refractivity contribution in [3.05, 3.63) is 0 Å². The normalized spacial score (nSPS) is 50.7. The first-order valence-electron chi connectivity index (χ1n) is 10.1. The maximum Gasteiger partial charge on any atom is 0.0892 e. The number of piperidine rings is 2. The Bertz CT molecular complexity index is 318. The number of nitrogens with zero attached hydrogens (tertiary/aromatic N) is 2. The second-order valence-electron chi connectivity index (χ2n) is 9.68. The molecule has 0 unspecified atom stereocenters. The van der Waals surface area contributed by atoms with Crippen LogP contribution in [-0.4, -0.2) is 61.3 Å². The van der Waals surface area contributed by atoms with E-state index in [4.69, 9.17) is 0 Å². The standard InChI is InChI=1S/C20H40N2/c1-17-9-13-21(3,14-10-17)19-5-7-20(8-6-19)22(4)15-11-18(2)12-16-22/h17-20H,5-16H2,1-4H3/q+2. The SMILES string of the molecule is CC1CC[N+](C)(C2CCC([N+]3(C)CCC(C)CC3)CC2)CC1. The molecule has 3 aliphatic rings. The first-order valence-corrected chi connectivity index (χ1v) is 10.1. The van der Waals surface area contributed by atoms with Crippen LogP contribution in [0, 0.1) is 11.8 Å². The van der Waals surface area contributed by atoms with Crippen LogP contribution in [0.2, 0.25) is 0 Å². The summed E-state index contributed by atoms with van der Waals surface area (Å²) in [5.74, 6) is 1.95. The van der Waals surface area contributed by atoms with Crippen molar-refractivity contribution < 1.29 is 8.97 Å². The van der Waals surface area contributed by atoms with Crippen molar-refractivity contribution in [2.45, 2.75) is 77.3 Å². The highest BCUT2D eigenvalue weighted by Crippen LogP contribution is 2.37. The molecule has 3 fully saturated rings. The Morgan fingerprint density at radius 2 is 0.773 bits per heavy atom. The van der Waals surface area contributed by atoms with Gasteiger partial charge in [-0.15, -0.1) is 0 Å². The van der Waals surface area contributed by atoms with Gasteiger partial charge in [0, 0.05) is 25.7 Å². The summed E-state index contributed by atoms with van der Waals surface area (Å²) in [4.78, 5) is 0. The summed E-state index contributed by atoms with van der Waals surface area (Å²) in [6, 6.07) is 1.94. The van der Waals surface area contributed by atoms with Crippen molar-refractivity contribution in [2.24, 2.45) is 11.8 Å². The molecule has 2 saturated heterocycles. The fourth-order valence-electron chi connectivity index (χ4n) is 5.61. The number of rotatable bonds is 2. The Balaban J connectivity index is 1.54. The van der Waals surface area contributed by atoms with Crippen LogP contribution in [0.5, 0.6) is 0 Å². The molecule has 0 amide bonds. The zero-order chi connectivity index (χ0) is 15.8. The largest absolute Gasteiger partial charge is 0.324 e. The third-order valence-corrected chi connectivity index (χ3v) is 7.96. The lowest BCUT2D eigenvalue weighted by Gasteiger charge is -2.51. The molecule has 0 radical (unpaired) electrons. The average Bonchev–Trinajstić information content (AvgIpc) is 2.54. The monoisotopic (exact) mass is 308 g/mol. The van der Waals surface area contributed by atoms with E-state index in [1.165, 1.54) is 86.5 Å². The molecule has 2 aliphatic heterocycles. The van der Waals surface area contributed by atoms with Crippen molar-refractivity contribution in [3.8, 4) is 0 Å². The quantitative estimate of drug-likeness (QED) is 0.675. The fourth-order valence-corrected chi connectivity index (χ4v) is 5.61. The minimum atomic E-state index is 0.971. The summed E-state index contributed by atoms with van der Waals surface area (Å²) in [5.41, 5.74) is 0. The number of hydrogen-bond donors (Lipinski definition) is 0. The third-order valence-electron chi connectivity index (χ3n) is 7.96. The maximum atomic E-state index is 2.57. The second-order valence-corrected chi connectivity index (χ2v) is 9.68. The van der Waals surface area contributed by atoms with E-state index in [-0.39, 0.29) is 0 Å². The van der Waals surface area contributed by atoms with Gasteiger partial charge >= 0.3 is 0 Å². The lowest BCUT2D eigenvalue weighted by Crippen LogP contribution is -2.61. The molecule has 22 heavy (non-hydrogen) atoms. The van der Waals surface area contributed by atoms with Gasteiger partial charge < -0.3 is 8.97 Å². The van der Waals surface area contributed by atoms with Crippen molar-refractivity contribution >= 4 is 0 Å². The van der Waals surface area contributed by atoms with E-state index in [2.05, 4.69) is 27.9 Å². The second kappa shape index (κ2) is 6.43. The summed E-state index contributed by atoms with van der Waals surface area (Å²) >= 11 is 0. The molecule has 2 heterocycles. The van der Waals surface area contributed by atoms with Gasteiger partial charge in [-0.05, 0) is 37.5 Å². The molecule has 0 aromatic carbocycles.